The second-order valence-corrected chi connectivity index (χ2v) is 4.45. The van der Waals surface area contributed by atoms with E-state index in [-0.39, 0.29) is 6.54 Å². The molecule has 0 aliphatic carbocycles. The third kappa shape index (κ3) is 6.27. The van der Waals surface area contributed by atoms with Crippen LogP contribution in [0.2, 0.25) is 0 Å². The Morgan fingerprint density at radius 2 is 2.21 bits per heavy atom. The molecule has 0 aliphatic heterocycles. The van der Waals surface area contributed by atoms with Crippen LogP contribution in [0.1, 0.15) is 26.7 Å². The Morgan fingerprint density at radius 3 is 2.64 bits per heavy atom. The van der Waals surface area contributed by atoms with Crippen molar-refractivity contribution in [3.05, 3.63) is 0 Å². The Balaban J connectivity index is 3.90. The topological polar surface area (TPSA) is 40.5 Å². The highest BCUT2D eigenvalue weighted by molar-refractivity contribution is 7.98. The smallest absolute Gasteiger partial charge is 0.317 e. The minimum absolute atomic E-state index is 0.170. The third-order valence-electron chi connectivity index (χ3n) is 2.35. The zero-order valence-corrected chi connectivity index (χ0v) is 10.1. The molecule has 0 aromatic rings. The third-order valence-corrected chi connectivity index (χ3v) is 3.04. The van der Waals surface area contributed by atoms with Crippen molar-refractivity contribution >= 4 is 17.7 Å². The van der Waals surface area contributed by atoms with E-state index in [1.54, 1.807) is 0 Å². The lowest BCUT2D eigenvalue weighted by Gasteiger charge is -2.26. The summed E-state index contributed by atoms with van der Waals surface area (Å²) in [5.41, 5.74) is 0. The minimum Gasteiger partial charge on any atom is -0.480 e. The molecular weight excluding hydrogens is 198 g/mol. The van der Waals surface area contributed by atoms with Crippen molar-refractivity contribution in [1.82, 2.24) is 4.90 Å². The van der Waals surface area contributed by atoms with Crippen LogP contribution in [-0.4, -0.2) is 47.1 Å². The molecule has 0 aromatic heterocycles. The van der Waals surface area contributed by atoms with E-state index in [1.165, 1.54) is 0 Å². The standard InChI is InChI=1S/C10H21NO2S/c1-4-9(2)11(8-10(12)13)6-5-7-14-3/h9H,4-8H2,1-3H3,(H,12,13). The number of thioether (sulfide) groups is 1. The second-order valence-electron chi connectivity index (χ2n) is 3.47. The van der Waals surface area contributed by atoms with Crippen molar-refractivity contribution in [2.45, 2.75) is 32.7 Å². The van der Waals surface area contributed by atoms with Gasteiger partial charge in [0.2, 0.25) is 0 Å². The number of nitrogens with zero attached hydrogens (tertiary/aromatic N) is 1. The van der Waals surface area contributed by atoms with Crippen molar-refractivity contribution in [2.24, 2.45) is 0 Å². The van der Waals surface area contributed by atoms with Crippen molar-refractivity contribution in [1.29, 1.82) is 0 Å². The molecule has 0 amide bonds. The summed E-state index contributed by atoms with van der Waals surface area (Å²) in [6.45, 7) is 5.24. The number of hydrogen-bond donors (Lipinski definition) is 1. The van der Waals surface area contributed by atoms with Crippen LogP contribution in [0.25, 0.3) is 0 Å². The SMILES string of the molecule is CCC(C)N(CCCSC)CC(=O)O. The van der Waals surface area contributed by atoms with Gasteiger partial charge in [-0.1, -0.05) is 6.92 Å². The lowest BCUT2D eigenvalue weighted by atomic mass is 10.2. The molecule has 1 N–H and O–H groups in total. The van der Waals surface area contributed by atoms with Crippen LogP contribution in [0.3, 0.4) is 0 Å². The number of hydrogen-bond acceptors (Lipinski definition) is 3. The van der Waals surface area contributed by atoms with Gasteiger partial charge in [-0.05, 0) is 38.3 Å². The molecule has 0 aromatic carbocycles. The summed E-state index contributed by atoms with van der Waals surface area (Å²) in [5.74, 6) is 0.376. The number of rotatable bonds is 8. The molecule has 0 fully saturated rings. The quantitative estimate of drug-likeness (QED) is 0.633. The van der Waals surface area contributed by atoms with Gasteiger partial charge in [0.25, 0.3) is 0 Å². The van der Waals surface area contributed by atoms with Crippen LogP contribution in [0, 0.1) is 0 Å². The lowest BCUT2D eigenvalue weighted by molar-refractivity contribution is -0.138. The Labute approximate surface area is 90.9 Å². The van der Waals surface area contributed by atoms with Crippen molar-refractivity contribution < 1.29 is 9.90 Å². The van der Waals surface area contributed by atoms with Crippen molar-refractivity contribution in [2.75, 3.05) is 25.1 Å². The van der Waals surface area contributed by atoms with Crippen LogP contribution in [0.15, 0.2) is 0 Å². The van der Waals surface area contributed by atoms with Crippen LogP contribution in [-0.2, 0) is 4.79 Å². The summed E-state index contributed by atoms with van der Waals surface area (Å²) in [4.78, 5) is 12.7. The average Bonchev–Trinajstić information content (AvgIpc) is 2.15. The zero-order chi connectivity index (χ0) is 11.0. The predicted molar refractivity (Wildman–Crippen MR) is 62.0 cm³/mol. The molecular formula is C10H21NO2S. The van der Waals surface area contributed by atoms with Gasteiger partial charge in [0.05, 0.1) is 6.54 Å². The first kappa shape index (κ1) is 13.8. The van der Waals surface area contributed by atoms with Gasteiger partial charge in [0.15, 0.2) is 0 Å². The molecule has 1 atom stereocenters. The van der Waals surface area contributed by atoms with Crippen LogP contribution in [0.5, 0.6) is 0 Å². The van der Waals surface area contributed by atoms with Gasteiger partial charge in [-0.2, -0.15) is 11.8 Å². The van der Waals surface area contributed by atoms with Gasteiger partial charge in [-0.3, -0.25) is 9.69 Å². The summed E-state index contributed by atoms with van der Waals surface area (Å²) in [6.07, 6.45) is 4.15. The Kier molecular flexibility index (Phi) is 7.99. The Morgan fingerprint density at radius 1 is 1.57 bits per heavy atom. The molecule has 4 heteroatoms. The predicted octanol–water partition coefficient (Wildman–Crippen LogP) is 1.92. The molecule has 0 aliphatic rings. The molecule has 1 unspecified atom stereocenters. The lowest BCUT2D eigenvalue weighted by Crippen LogP contribution is -2.37. The van der Waals surface area contributed by atoms with E-state index >= 15 is 0 Å². The monoisotopic (exact) mass is 219 g/mol. The highest BCUT2D eigenvalue weighted by Crippen LogP contribution is 2.05. The molecule has 84 valence electrons. The molecule has 0 spiro atoms. The van der Waals surface area contributed by atoms with Gasteiger partial charge >= 0.3 is 5.97 Å². The molecule has 0 heterocycles. The van der Waals surface area contributed by atoms with Gasteiger partial charge in [0.1, 0.15) is 0 Å². The van der Waals surface area contributed by atoms with Gasteiger partial charge in [0, 0.05) is 6.04 Å². The van der Waals surface area contributed by atoms with Crippen LogP contribution < -0.4 is 0 Å². The minimum atomic E-state index is -0.727. The Bertz CT molecular complexity index is 164. The maximum Gasteiger partial charge on any atom is 0.317 e. The first-order valence-electron chi connectivity index (χ1n) is 5.06. The molecule has 0 rings (SSSR count). The molecule has 0 saturated carbocycles. The summed E-state index contributed by atoms with van der Waals surface area (Å²) in [7, 11) is 0. The summed E-state index contributed by atoms with van der Waals surface area (Å²) in [5, 5.41) is 8.74. The van der Waals surface area contributed by atoms with E-state index in [2.05, 4.69) is 20.1 Å². The molecule has 0 radical (unpaired) electrons. The second kappa shape index (κ2) is 8.12. The zero-order valence-electron chi connectivity index (χ0n) is 9.32. The summed E-state index contributed by atoms with van der Waals surface area (Å²) in [6, 6.07) is 0.368. The first-order valence-corrected chi connectivity index (χ1v) is 6.46. The van der Waals surface area contributed by atoms with Gasteiger partial charge in [-0.25, -0.2) is 0 Å². The highest BCUT2D eigenvalue weighted by Gasteiger charge is 2.14. The summed E-state index contributed by atoms with van der Waals surface area (Å²) < 4.78 is 0. The van der Waals surface area contributed by atoms with Crippen molar-refractivity contribution in [3.8, 4) is 0 Å². The number of carboxylic acid groups (broad SMARTS) is 1. The van der Waals surface area contributed by atoms with Gasteiger partial charge in [-0.15, -0.1) is 0 Å². The molecule has 3 nitrogen and oxygen atoms in total. The van der Waals surface area contributed by atoms with Crippen molar-refractivity contribution in [3.63, 3.8) is 0 Å². The largest absolute Gasteiger partial charge is 0.480 e. The van der Waals surface area contributed by atoms with E-state index in [9.17, 15) is 4.79 Å². The van der Waals surface area contributed by atoms with Gasteiger partial charge < -0.3 is 5.11 Å². The summed E-state index contributed by atoms with van der Waals surface area (Å²) >= 11 is 1.81. The van der Waals surface area contributed by atoms with Crippen LogP contribution >= 0.6 is 11.8 Å². The van der Waals surface area contributed by atoms with E-state index in [0.717, 1.165) is 25.1 Å². The van der Waals surface area contributed by atoms with Crippen LogP contribution in [0.4, 0.5) is 0 Å². The fourth-order valence-electron chi connectivity index (χ4n) is 1.30. The van der Waals surface area contributed by atoms with E-state index in [4.69, 9.17) is 5.11 Å². The Hall–Kier alpha value is -0.220. The van der Waals surface area contributed by atoms with E-state index < -0.39 is 5.97 Å². The number of carbonyl (C=O) groups is 1. The average molecular weight is 219 g/mol. The maximum absolute atomic E-state index is 10.6. The maximum atomic E-state index is 10.6. The molecule has 0 saturated heterocycles. The molecule has 14 heavy (non-hydrogen) atoms. The number of aliphatic carboxylic acids is 1. The number of carboxylic acids is 1. The molecule has 0 bridgehead atoms. The van der Waals surface area contributed by atoms with E-state index in [1.807, 2.05) is 16.7 Å². The fourth-order valence-corrected chi connectivity index (χ4v) is 1.72. The normalized spacial score (nSPS) is 13.1. The highest BCUT2D eigenvalue weighted by atomic mass is 32.2. The first-order chi connectivity index (χ1) is 6.61. The van der Waals surface area contributed by atoms with E-state index in [0.29, 0.717) is 6.04 Å². The fraction of sp³-hybridized carbons (Fsp3) is 0.900.